The quantitative estimate of drug-likeness (QED) is 0.736. The Labute approximate surface area is 176 Å². The number of carbonyl (C=O) groups is 2. The van der Waals surface area contributed by atoms with Gasteiger partial charge in [-0.3, -0.25) is 4.79 Å². The minimum Gasteiger partial charge on any atom is -0.480 e. The minimum absolute atomic E-state index is 0.0841. The summed E-state index contributed by atoms with van der Waals surface area (Å²) >= 11 is 0. The number of hydrogen-bond donors (Lipinski definition) is 1. The number of carboxylic acid groups (broad SMARTS) is 1. The van der Waals surface area contributed by atoms with Gasteiger partial charge in [0.2, 0.25) is 5.91 Å². The Morgan fingerprint density at radius 1 is 1.23 bits per heavy atom. The van der Waals surface area contributed by atoms with Gasteiger partial charge in [0.25, 0.3) is 0 Å². The highest BCUT2D eigenvalue weighted by atomic mass is 19.1. The molecule has 30 heavy (non-hydrogen) atoms. The van der Waals surface area contributed by atoms with Crippen LogP contribution in [-0.2, 0) is 27.4 Å². The van der Waals surface area contributed by atoms with Crippen LogP contribution in [0.2, 0.25) is 0 Å². The van der Waals surface area contributed by atoms with Gasteiger partial charge in [-0.15, -0.1) is 0 Å². The van der Waals surface area contributed by atoms with Crippen LogP contribution >= 0.6 is 0 Å². The zero-order chi connectivity index (χ0) is 21.8. The number of nitrogens with zero attached hydrogens (tertiary/aromatic N) is 1. The SMILES string of the molecule is Cc1cc(COCC(=O)O)cc(C)c1N1C[C@@H](Cc2ccccc2F)C[C@@H](C)C1=O. The molecule has 5 nitrogen and oxygen atoms in total. The largest absolute Gasteiger partial charge is 0.480 e. The number of ether oxygens (including phenoxy) is 1. The highest BCUT2D eigenvalue weighted by Crippen LogP contribution is 2.34. The Morgan fingerprint density at radius 3 is 2.53 bits per heavy atom. The molecule has 0 bridgehead atoms. The third kappa shape index (κ3) is 5.05. The first-order valence-corrected chi connectivity index (χ1v) is 10.2. The molecule has 0 saturated carbocycles. The topological polar surface area (TPSA) is 66.8 Å². The minimum atomic E-state index is -1.01. The summed E-state index contributed by atoms with van der Waals surface area (Å²) in [7, 11) is 0. The predicted octanol–water partition coefficient (Wildman–Crippen LogP) is 4.28. The third-order valence-corrected chi connectivity index (χ3v) is 5.60. The Morgan fingerprint density at radius 2 is 1.90 bits per heavy atom. The van der Waals surface area contributed by atoms with Crippen LogP contribution in [0.1, 0.15) is 35.6 Å². The summed E-state index contributed by atoms with van der Waals surface area (Å²) in [6.45, 7) is 6.23. The molecule has 1 aliphatic heterocycles. The number of amides is 1. The van der Waals surface area contributed by atoms with Crippen molar-refractivity contribution in [1.82, 2.24) is 0 Å². The lowest BCUT2D eigenvalue weighted by molar-refractivity contribution is -0.142. The van der Waals surface area contributed by atoms with Gasteiger partial charge in [0.15, 0.2) is 0 Å². The van der Waals surface area contributed by atoms with E-state index in [9.17, 15) is 14.0 Å². The van der Waals surface area contributed by atoms with Gasteiger partial charge in [-0.2, -0.15) is 0 Å². The molecule has 3 rings (SSSR count). The van der Waals surface area contributed by atoms with E-state index in [1.54, 1.807) is 6.07 Å². The van der Waals surface area contributed by atoms with Gasteiger partial charge in [0.05, 0.1) is 6.61 Å². The highest BCUT2D eigenvalue weighted by Gasteiger charge is 2.34. The second-order valence-electron chi connectivity index (χ2n) is 8.21. The zero-order valence-electron chi connectivity index (χ0n) is 17.7. The van der Waals surface area contributed by atoms with E-state index < -0.39 is 5.97 Å². The smallest absolute Gasteiger partial charge is 0.329 e. The average molecular weight is 413 g/mol. The number of rotatable bonds is 7. The number of halogens is 1. The maximum Gasteiger partial charge on any atom is 0.329 e. The summed E-state index contributed by atoms with van der Waals surface area (Å²) in [5.41, 5.74) is 4.32. The van der Waals surface area contributed by atoms with E-state index >= 15 is 0 Å². The van der Waals surface area contributed by atoms with Gasteiger partial charge in [0, 0.05) is 18.2 Å². The standard InChI is InChI=1S/C24H28FNO4/c1-15-8-19(13-30-14-22(27)28)9-16(2)23(15)26-12-18(10-17(3)24(26)29)11-20-6-4-5-7-21(20)25/h4-9,17-18H,10-14H2,1-3H3,(H,27,28)/t17-,18-/m1/s1. The maximum absolute atomic E-state index is 14.1. The number of aryl methyl sites for hydroxylation is 2. The fourth-order valence-corrected chi connectivity index (χ4v) is 4.42. The summed E-state index contributed by atoms with van der Waals surface area (Å²) in [5, 5.41) is 8.72. The number of benzene rings is 2. The van der Waals surface area contributed by atoms with Gasteiger partial charge < -0.3 is 14.7 Å². The fourth-order valence-electron chi connectivity index (χ4n) is 4.42. The molecule has 6 heteroatoms. The molecule has 1 saturated heterocycles. The van der Waals surface area contributed by atoms with Crippen LogP contribution < -0.4 is 4.90 Å². The lowest BCUT2D eigenvalue weighted by Gasteiger charge is -2.38. The molecule has 1 fully saturated rings. The number of carbonyl (C=O) groups excluding carboxylic acids is 1. The van der Waals surface area contributed by atoms with Gasteiger partial charge in [-0.05, 0) is 60.9 Å². The van der Waals surface area contributed by atoms with Crippen molar-refractivity contribution in [3.05, 3.63) is 64.5 Å². The van der Waals surface area contributed by atoms with Crippen LogP contribution in [-0.4, -0.2) is 30.1 Å². The maximum atomic E-state index is 14.1. The number of anilines is 1. The van der Waals surface area contributed by atoms with E-state index in [-0.39, 0.29) is 36.8 Å². The van der Waals surface area contributed by atoms with E-state index in [2.05, 4.69) is 0 Å². The van der Waals surface area contributed by atoms with Gasteiger partial charge in [0.1, 0.15) is 12.4 Å². The monoisotopic (exact) mass is 413 g/mol. The average Bonchev–Trinajstić information content (AvgIpc) is 2.66. The molecule has 0 aromatic heterocycles. The second kappa shape index (κ2) is 9.39. The molecule has 2 aromatic rings. The molecule has 2 aromatic carbocycles. The first-order chi connectivity index (χ1) is 14.3. The third-order valence-electron chi connectivity index (χ3n) is 5.60. The van der Waals surface area contributed by atoms with Crippen molar-refractivity contribution in [2.45, 2.75) is 40.2 Å². The van der Waals surface area contributed by atoms with Gasteiger partial charge in [-0.1, -0.05) is 37.3 Å². The van der Waals surface area contributed by atoms with Gasteiger partial charge >= 0.3 is 5.97 Å². The van der Waals surface area contributed by atoms with Crippen LogP contribution in [0.5, 0.6) is 0 Å². The number of carboxylic acids is 1. The molecular formula is C24H28FNO4. The normalized spacial score (nSPS) is 19.2. The van der Waals surface area contributed by atoms with E-state index in [4.69, 9.17) is 9.84 Å². The van der Waals surface area contributed by atoms with E-state index in [1.807, 2.05) is 49.9 Å². The van der Waals surface area contributed by atoms with Crippen molar-refractivity contribution >= 4 is 17.6 Å². The lowest BCUT2D eigenvalue weighted by Crippen LogP contribution is -2.46. The first-order valence-electron chi connectivity index (χ1n) is 10.2. The van der Waals surface area contributed by atoms with Crippen molar-refractivity contribution in [2.75, 3.05) is 18.1 Å². The Kier molecular flexibility index (Phi) is 6.87. The number of piperidine rings is 1. The molecule has 0 spiro atoms. The van der Waals surface area contributed by atoms with E-state index in [1.165, 1.54) is 6.07 Å². The Balaban J connectivity index is 1.81. The van der Waals surface area contributed by atoms with Crippen molar-refractivity contribution in [3.8, 4) is 0 Å². The Bertz CT molecular complexity index is 920. The molecule has 1 N–H and O–H groups in total. The van der Waals surface area contributed by atoms with E-state index in [0.717, 1.165) is 28.8 Å². The van der Waals surface area contributed by atoms with Crippen molar-refractivity contribution in [2.24, 2.45) is 11.8 Å². The van der Waals surface area contributed by atoms with Crippen molar-refractivity contribution < 1.29 is 23.8 Å². The van der Waals surface area contributed by atoms with Crippen molar-refractivity contribution in [1.29, 1.82) is 0 Å². The summed E-state index contributed by atoms with van der Waals surface area (Å²) < 4.78 is 19.3. The summed E-state index contributed by atoms with van der Waals surface area (Å²) in [5.74, 6) is -1.08. The summed E-state index contributed by atoms with van der Waals surface area (Å²) in [6, 6.07) is 10.7. The predicted molar refractivity (Wildman–Crippen MR) is 113 cm³/mol. The van der Waals surface area contributed by atoms with Crippen LogP contribution in [0.15, 0.2) is 36.4 Å². The fraction of sp³-hybridized carbons (Fsp3) is 0.417. The first kappa shape index (κ1) is 22.0. The van der Waals surface area contributed by atoms with Crippen LogP contribution in [0.25, 0.3) is 0 Å². The molecule has 1 aliphatic rings. The van der Waals surface area contributed by atoms with Crippen LogP contribution in [0.4, 0.5) is 10.1 Å². The summed E-state index contributed by atoms with van der Waals surface area (Å²) in [4.78, 5) is 25.5. The van der Waals surface area contributed by atoms with Crippen molar-refractivity contribution in [3.63, 3.8) is 0 Å². The summed E-state index contributed by atoms with van der Waals surface area (Å²) in [6.07, 6.45) is 1.34. The van der Waals surface area contributed by atoms with Crippen LogP contribution in [0.3, 0.4) is 0 Å². The number of hydrogen-bond acceptors (Lipinski definition) is 3. The molecule has 0 radical (unpaired) electrons. The second-order valence-corrected chi connectivity index (χ2v) is 8.21. The molecule has 1 heterocycles. The lowest BCUT2D eigenvalue weighted by atomic mass is 9.84. The molecule has 0 unspecified atom stereocenters. The Hall–Kier alpha value is -2.73. The molecule has 0 aliphatic carbocycles. The van der Waals surface area contributed by atoms with Crippen LogP contribution in [0, 0.1) is 31.5 Å². The van der Waals surface area contributed by atoms with E-state index in [0.29, 0.717) is 18.5 Å². The molecule has 160 valence electrons. The highest BCUT2D eigenvalue weighted by molar-refractivity contribution is 5.97. The molecule has 2 atom stereocenters. The number of aliphatic carboxylic acids is 1. The molecular weight excluding hydrogens is 385 g/mol. The van der Waals surface area contributed by atoms with Gasteiger partial charge in [-0.25, -0.2) is 9.18 Å². The molecule has 1 amide bonds. The zero-order valence-corrected chi connectivity index (χ0v) is 17.7.